The van der Waals surface area contributed by atoms with Crippen molar-refractivity contribution in [3.05, 3.63) is 35.4 Å². The van der Waals surface area contributed by atoms with Gasteiger partial charge in [-0.3, -0.25) is 9.59 Å². The summed E-state index contributed by atoms with van der Waals surface area (Å²) in [5.41, 5.74) is 1.96. The van der Waals surface area contributed by atoms with Crippen molar-refractivity contribution in [1.82, 2.24) is 10.2 Å². The first-order valence-corrected chi connectivity index (χ1v) is 7.41. The second-order valence-corrected chi connectivity index (χ2v) is 6.75. The average molecular weight is 288 g/mol. The van der Waals surface area contributed by atoms with E-state index in [0.717, 1.165) is 11.1 Å². The molecule has 1 N–H and O–H groups in total. The normalized spacial score (nSPS) is 19.0. The molecule has 4 nitrogen and oxygen atoms in total. The summed E-state index contributed by atoms with van der Waals surface area (Å²) in [6.07, 6.45) is 0.768. The summed E-state index contributed by atoms with van der Waals surface area (Å²) in [4.78, 5) is 26.0. The van der Waals surface area contributed by atoms with Gasteiger partial charge in [-0.15, -0.1) is 0 Å². The van der Waals surface area contributed by atoms with Crippen molar-refractivity contribution in [2.24, 2.45) is 0 Å². The van der Waals surface area contributed by atoms with Crippen LogP contribution in [0.3, 0.4) is 0 Å². The maximum absolute atomic E-state index is 12.1. The number of likely N-dealkylation sites (tertiary alicyclic amines) is 1. The quantitative estimate of drug-likeness (QED) is 0.925. The van der Waals surface area contributed by atoms with Crippen LogP contribution >= 0.6 is 0 Å². The van der Waals surface area contributed by atoms with Gasteiger partial charge in [0.05, 0.1) is 12.5 Å². The number of aryl methyl sites for hydroxylation is 1. The number of hydrogen-bond donors (Lipinski definition) is 1. The maximum atomic E-state index is 12.1. The molecule has 1 aromatic carbocycles. The Balaban J connectivity index is 1.93. The molecule has 0 bridgehead atoms. The third-order valence-electron chi connectivity index (χ3n) is 3.91. The lowest BCUT2D eigenvalue weighted by atomic mass is 10.1. The van der Waals surface area contributed by atoms with Crippen molar-refractivity contribution >= 4 is 11.8 Å². The molecule has 2 rings (SSSR count). The predicted molar refractivity (Wildman–Crippen MR) is 82.9 cm³/mol. The SMILES string of the molecule is Cc1ccccc1CC(=O)NC1CC(=O)N(C(C)(C)C)C1. The van der Waals surface area contributed by atoms with Crippen LogP contribution in [0.1, 0.15) is 38.3 Å². The minimum absolute atomic E-state index is 0.0159. The van der Waals surface area contributed by atoms with Gasteiger partial charge in [-0.05, 0) is 38.8 Å². The van der Waals surface area contributed by atoms with Gasteiger partial charge < -0.3 is 10.2 Å². The number of nitrogens with zero attached hydrogens (tertiary/aromatic N) is 1. The van der Waals surface area contributed by atoms with E-state index in [1.807, 2.05) is 56.9 Å². The molecule has 0 aliphatic carbocycles. The fourth-order valence-electron chi connectivity index (χ4n) is 2.71. The second kappa shape index (κ2) is 5.88. The summed E-state index contributed by atoms with van der Waals surface area (Å²) in [7, 11) is 0. The first kappa shape index (κ1) is 15.5. The molecule has 1 atom stereocenters. The fourth-order valence-corrected chi connectivity index (χ4v) is 2.71. The summed E-state index contributed by atoms with van der Waals surface area (Å²) in [5, 5.41) is 2.99. The van der Waals surface area contributed by atoms with Crippen LogP contribution in [0, 0.1) is 6.92 Å². The molecule has 0 saturated carbocycles. The molecule has 1 unspecified atom stereocenters. The first-order chi connectivity index (χ1) is 9.77. The summed E-state index contributed by atoms with van der Waals surface area (Å²) < 4.78 is 0. The van der Waals surface area contributed by atoms with E-state index >= 15 is 0 Å². The van der Waals surface area contributed by atoms with Crippen LogP contribution in [-0.4, -0.2) is 34.8 Å². The van der Waals surface area contributed by atoms with Crippen LogP contribution < -0.4 is 5.32 Å². The van der Waals surface area contributed by atoms with Gasteiger partial charge in [-0.2, -0.15) is 0 Å². The third-order valence-corrected chi connectivity index (χ3v) is 3.91. The van der Waals surface area contributed by atoms with Crippen LogP contribution in [0.15, 0.2) is 24.3 Å². The number of benzene rings is 1. The van der Waals surface area contributed by atoms with Gasteiger partial charge >= 0.3 is 0 Å². The van der Waals surface area contributed by atoms with Crippen LogP contribution in [-0.2, 0) is 16.0 Å². The van der Waals surface area contributed by atoms with Crippen molar-refractivity contribution in [3.8, 4) is 0 Å². The highest BCUT2D eigenvalue weighted by Gasteiger charge is 2.36. The van der Waals surface area contributed by atoms with Gasteiger partial charge in [-0.1, -0.05) is 24.3 Å². The van der Waals surface area contributed by atoms with Gasteiger partial charge in [0.25, 0.3) is 0 Å². The molecule has 0 aromatic heterocycles. The van der Waals surface area contributed by atoms with E-state index in [-0.39, 0.29) is 23.4 Å². The minimum atomic E-state index is -0.188. The van der Waals surface area contributed by atoms with Gasteiger partial charge in [0.1, 0.15) is 0 Å². The van der Waals surface area contributed by atoms with E-state index in [9.17, 15) is 9.59 Å². The summed E-state index contributed by atoms with van der Waals surface area (Å²) in [6, 6.07) is 7.80. The Morgan fingerprint density at radius 1 is 1.33 bits per heavy atom. The maximum Gasteiger partial charge on any atom is 0.225 e. The van der Waals surface area contributed by atoms with Gasteiger partial charge in [0.15, 0.2) is 0 Å². The molecule has 0 spiro atoms. The largest absolute Gasteiger partial charge is 0.351 e. The second-order valence-electron chi connectivity index (χ2n) is 6.75. The van der Waals surface area contributed by atoms with Gasteiger partial charge in [0, 0.05) is 18.5 Å². The monoisotopic (exact) mass is 288 g/mol. The zero-order valence-corrected chi connectivity index (χ0v) is 13.3. The first-order valence-electron chi connectivity index (χ1n) is 7.41. The molecule has 1 aliphatic rings. The molecule has 2 amide bonds. The van der Waals surface area contributed by atoms with Crippen molar-refractivity contribution < 1.29 is 9.59 Å². The molecule has 1 aromatic rings. The lowest BCUT2D eigenvalue weighted by Crippen LogP contribution is -2.44. The Morgan fingerprint density at radius 2 is 2.00 bits per heavy atom. The van der Waals surface area contributed by atoms with Gasteiger partial charge in [-0.25, -0.2) is 0 Å². The highest BCUT2D eigenvalue weighted by atomic mass is 16.2. The number of carbonyl (C=O) groups is 2. The molecular formula is C17H24N2O2. The fraction of sp³-hybridized carbons (Fsp3) is 0.529. The number of hydrogen-bond acceptors (Lipinski definition) is 2. The molecule has 0 radical (unpaired) electrons. The topological polar surface area (TPSA) is 49.4 Å². The highest BCUT2D eigenvalue weighted by Crippen LogP contribution is 2.22. The Bertz CT molecular complexity index is 546. The van der Waals surface area contributed by atoms with E-state index in [0.29, 0.717) is 19.4 Å². The molecule has 114 valence electrons. The van der Waals surface area contributed by atoms with Crippen LogP contribution in [0.25, 0.3) is 0 Å². The smallest absolute Gasteiger partial charge is 0.225 e. The van der Waals surface area contributed by atoms with Crippen molar-refractivity contribution in [2.75, 3.05) is 6.54 Å². The predicted octanol–water partition coefficient (Wildman–Crippen LogP) is 2.05. The third kappa shape index (κ3) is 3.84. The van der Waals surface area contributed by atoms with Crippen molar-refractivity contribution in [3.63, 3.8) is 0 Å². The molecule has 4 heteroatoms. The lowest BCUT2D eigenvalue weighted by Gasteiger charge is -2.32. The molecule has 21 heavy (non-hydrogen) atoms. The molecule has 1 fully saturated rings. The zero-order valence-electron chi connectivity index (χ0n) is 13.3. The summed E-state index contributed by atoms with van der Waals surface area (Å²) in [5.74, 6) is 0.0987. The van der Waals surface area contributed by atoms with E-state index in [1.165, 1.54) is 0 Å². The number of rotatable bonds is 3. The van der Waals surface area contributed by atoms with Crippen molar-refractivity contribution in [1.29, 1.82) is 0 Å². The zero-order chi connectivity index (χ0) is 15.6. The summed E-state index contributed by atoms with van der Waals surface area (Å²) >= 11 is 0. The minimum Gasteiger partial charge on any atom is -0.351 e. The van der Waals surface area contributed by atoms with E-state index in [1.54, 1.807) is 0 Å². The van der Waals surface area contributed by atoms with E-state index < -0.39 is 0 Å². The Labute approximate surface area is 126 Å². The Hall–Kier alpha value is -1.84. The molecule has 1 heterocycles. The van der Waals surface area contributed by atoms with Crippen LogP contribution in [0.5, 0.6) is 0 Å². The molecular weight excluding hydrogens is 264 g/mol. The standard InChI is InChI=1S/C17H24N2O2/c1-12-7-5-6-8-13(12)9-15(20)18-14-10-16(21)19(11-14)17(2,3)4/h5-8,14H,9-11H2,1-4H3,(H,18,20). The van der Waals surface area contributed by atoms with E-state index in [2.05, 4.69) is 5.32 Å². The number of carbonyl (C=O) groups excluding carboxylic acids is 2. The van der Waals surface area contributed by atoms with Crippen LogP contribution in [0.2, 0.25) is 0 Å². The summed E-state index contributed by atoms with van der Waals surface area (Å²) in [6.45, 7) is 8.65. The van der Waals surface area contributed by atoms with Crippen molar-refractivity contribution in [2.45, 2.75) is 52.1 Å². The molecule has 1 aliphatic heterocycles. The Kier molecular flexibility index (Phi) is 4.35. The number of amides is 2. The van der Waals surface area contributed by atoms with Crippen LogP contribution in [0.4, 0.5) is 0 Å². The number of nitrogens with one attached hydrogen (secondary N) is 1. The average Bonchev–Trinajstić information content (AvgIpc) is 2.73. The highest BCUT2D eigenvalue weighted by molar-refractivity contribution is 5.83. The van der Waals surface area contributed by atoms with Gasteiger partial charge in [0.2, 0.25) is 11.8 Å². The Morgan fingerprint density at radius 3 is 2.57 bits per heavy atom. The van der Waals surface area contributed by atoms with E-state index in [4.69, 9.17) is 0 Å². The molecule has 1 saturated heterocycles. The lowest BCUT2D eigenvalue weighted by molar-refractivity contribution is -0.131.